The van der Waals surface area contributed by atoms with Gasteiger partial charge in [0.15, 0.2) is 18.1 Å². The number of anilines is 1. The molecule has 1 atom stereocenters. The van der Waals surface area contributed by atoms with Crippen molar-refractivity contribution in [2.24, 2.45) is 5.92 Å². The van der Waals surface area contributed by atoms with E-state index in [9.17, 15) is 14.4 Å². The van der Waals surface area contributed by atoms with Gasteiger partial charge in [-0.2, -0.15) is 0 Å². The predicted octanol–water partition coefficient (Wildman–Crippen LogP) is 3.57. The minimum Gasteiger partial charge on any atom is -0.462 e. The molecule has 4 rings (SSSR count). The molecule has 1 aromatic heterocycles. The minimum atomic E-state index is -0.654. The fraction of sp³-hybridized carbons (Fsp3) is 0.409. The van der Waals surface area contributed by atoms with Crippen molar-refractivity contribution in [3.05, 3.63) is 39.8 Å². The summed E-state index contributed by atoms with van der Waals surface area (Å²) in [5.74, 6) is -0.0904. The minimum absolute atomic E-state index is 0.0998. The molecule has 2 heterocycles. The number of benzene rings is 1. The molecule has 0 fully saturated rings. The standard InChI is InChI=1S/C22H23NO7S/c1-3-27-22(26)19-14-6-4-12(2)8-17(14)31-20(19)23-18(24)10-28-21(25)13-5-7-15-16(9-13)30-11-29-15/h5,7,9,12H,3-4,6,8,10-11H2,1-2H3,(H,23,24). The quantitative estimate of drug-likeness (QED) is 0.679. The van der Waals surface area contributed by atoms with Crippen molar-refractivity contribution in [3.63, 3.8) is 0 Å². The Morgan fingerprint density at radius 3 is 2.77 bits per heavy atom. The van der Waals surface area contributed by atoms with E-state index in [0.717, 1.165) is 29.7 Å². The van der Waals surface area contributed by atoms with Gasteiger partial charge in [0.25, 0.3) is 5.91 Å². The van der Waals surface area contributed by atoms with Crippen LogP contribution in [0.4, 0.5) is 5.00 Å². The normalized spacial score (nSPS) is 16.4. The highest BCUT2D eigenvalue weighted by Gasteiger charge is 2.29. The van der Waals surface area contributed by atoms with Crippen LogP contribution in [0.2, 0.25) is 0 Å². The second-order valence-corrected chi connectivity index (χ2v) is 8.57. The van der Waals surface area contributed by atoms with Gasteiger partial charge in [0.05, 0.1) is 17.7 Å². The van der Waals surface area contributed by atoms with Crippen LogP contribution in [0.3, 0.4) is 0 Å². The van der Waals surface area contributed by atoms with Gasteiger partial charge in [-0.1, -0.05) is 6.92 Å². The van der Waals surface area contributed by atoms with Gasteiger partial charge in [-0.05, 0) is 55.9 Å². The van der Waals surface area contributed by atoms with E-state index in [1.807, 2.05) is 0 Å². The van der Waals surface area contributed by atoms with Gasteiger partial charge in [-0.25, -0.2) is 9.59 Å². The van der Waals surface area contributed by atoms with Crippen LogP contribution in [0.1, 0.15) is 51.4 Å². The fourth-order valence-electron chi connectivity index (χ4n) is 3.66. The molecule has 0 saturated heterocycles. The zero-order valence-electron chi connectivity index (χ0n) is 17.3. The third kappa shape index (κ3) is 4.51. The van der Waals surface area contributed by atoms with Crippen molar-refractivity contribution in [1.29, 1.82) is 0 Å². The average molecular weight is 445 g/mol. The van der Waals surface area contributed by atoms with E-state index in [1.165, 1.54) is 17.4 Å². The number of hydrogen-bond acceptors (Lipinski definition) is 8. The lowest BCUT2D eigenvalue weighted by Crippen LogP contribution is -2.22. The Hall–Kier alpha value is -3.07. The van der Waals surface area contributed by atoms with Gasteiger partial charge in [-0.3, -0.25) is 4.79 Å². The first-order valence-corrected chi connectivity index (χ1v) is 11.0. The van der Waals surface area contributed by atoms with Crippen LogP contribution in [0.15, 0.2) is 18.2 Å². The van der Waals surface area contributed by atoms with Crippen molar-refractivity contribution in [1.82, 2.24) is 0 Å². The summed E-state index contributed by atoms with van der Waals surface area (Å²) >= 11 is 1.39. The highest BCUT2D eigenvalue weighted by Crippen LogP contribution is 2.40. The smallest absolute Gasteiger partial charge is 0.341 e. The largest absolute Gasteiger partial charge is 0.462 e. The first kappa shape index (κ1) is 21.2. The zero-order valence-corrected chi connectivity index (χ0v) is 18.1. The summed E-state index contributed by atoms with van der Waals surface area (Å²) in [5, 5.41) is 3.17. The molecule has 9 heteroatoms. The number of carbonyl (C=O) groups excluding carboxylic acids is 3. The van der Waals surface area contributed by atoms with Gasteiger partial charge < -0.3 is 24.3 Å². The third-order valence-electron chi connectivity index (χ3n) is 5.19. The van der Waals surface area contributed by atoms with Crippen molar-refractivity contribution in [3.8, 4) is 11.5 Å². The van der Waals surface area contributed by atoms with Gasteiger partial charge in [0.1, 0.15) is 5.00 Å². The van der Waals surface area contributed by atoms with E-state index >= 15 is 0 Å². The number of fused-ring (bicyclic) bond motifs is 2. The second kappa shape index (κ2) is 8.97. The maximum atomic E-state index is 12.5. The highest BCUT2D eigenvalue weighted by atomic mass is 32.1. The molecule has 1 amide bonds. The fourth-order valence-corrected chi connectivity index (χ4v) is 5.07. The van der Waals surface area contributed by atoms with E-state index in [-0.39, 0.29) is 19.0 Å². The predicted molar refractivity (Wildman–Crippen MR) is 113 cm³/mol. The molecule has 0 spiro atoms. The molecule has 164 valence electrons. The third-order valence-corrected chi connectivity index (χ3v) is 6.36. The van der Waals surface area contributed by atoms with Crippen LogP contribution < -0.4 is 14.8 Å². The van der Waals surface area contributed by atoms with Gasteiger partial charge in [0.2, 0.25) is 6.79 Å². The molecular weight excluding hydrogens is 422 g/mol. The van der Waals surface area contributed by atoms with E-state index in [0.29, 0.717) is 28.0 Å². The number of amides is 1. The average Bonchev–Trinajstić information content (AvgIpc) is 3.35. The Morgan fingerprint density at radius 1 is 1.16 bits per heavy atom. The summed E-state index contributed by atoms with van der Waals surface area (Å²) in [6, 6.07) is 4.67. The van der Waals surface area contributed by atoms with E-state index < -0.39 is 24.5 Å². The summed E-state index contributed by atoms with van der Waals surface area (Å²) in [7, 11) is 0. The summed E-state index contributed by atoms with van der Waals surface area (Å²) in [6.07, 6.45) is 2.62. The van der Waals surface area contributed by atoms with E-state index in [1.54, 1.807) is 19.1 Å². The van der Waals surface area contributed by atoms with Crippen molar-refractivity contribution in [2.75, 3.05) is 25.3 Å². The molecule has 1 aliphatic carbocycles. The molecule has 31 heavy (non-hydrogen) atoms. The number of thiophene rings is 1. The summed E-state index contributed by atoms with van der Waals surface area (Å²) < 4.78 is 20.8. The number of nitrogens with one attached hydrogen (secondary N) is 1. The molecule has 0 saturated carbocycles. The Kier molecular flexibility index (Phi) is 6.13. The molecule has 0 radical (unpaired) electrons. The van der Waals surface area contributed by atoms with Gasteiger partial charge in [0, 0.05) is 4.88 Å². The number of esters is 2. The van der Waals surface area contributed by atoms with Crippen LogP contribution in [0, 0.1) is 5.92 Å². The van der Waals surface area contributed by atoms with E-state index in [2.05, 4.69) is 12.2 Å². The molecule has 1 aromatic carbocycles. The number of carbonyl (C=O) groups is 3. The van der Waals surface area contributed by atoms with Crippen LogP contribution >= 0.6 is 11.3 Å². The molecule has 8 nitrogen and oxygen atoms in total. The van der Waals surface area contributed by atoms with Crippen molar-refractivity contribution < 1.29 is 33.3 Å². The SMILES string of the molecule is CCOC(=O)c1c(NC(=O)COC(=O)c2ccc3c(c2)OCO3)sc2c1CCC(C)C2. The summed E-state index contributed by atoms with van der Waals surface area (Å²) in [5.41, 5.74) is 1.63. The lowest BCUT2D eigenvalue weighted by Gasteiger charge is -2.18. The number of rotatable bonds is 6. The van der Waals surface area contributed by atoms with Crippen LogP contribution in [-0.2, 0) is 27.1 Å². The monoisotopic (exact) mass is 445 g/mol. The van der Waals surface area contributed by atoms with Gasteiger partial charge in [-0.15, -0.1) is 11.3 Å². The molecular formula is C22H23NO7S. The molecule has 0 bridgehead atoms. The van der Waals surface area contributed by atoms with Crippen molar-refractivity contribution in [2.45, 2.75) is 33.1 Å². The second-order valence-electron chi connectivity index (χ2n) is 7.47. The van der Waals surface area contributed by atoms with Crippen LogP contribution in [0.25, 0.3) is 0 Å². The summed E-state index contributed by atoms with van der Waals surface area (Å²) in [6.45, 7) is 3.78. The summed E-state index contributed by atoms with van der Waals surface area (Å²) in [4.78, 5) is 38.4. The van der Waals surface area contributed by atoms with E-state index in [4.69, 9.17) is 18.9 Å². The Bertz CT molecular complexity index is 1030. The van der Waals surface area contributed by atoms with Crippen LogP contribution in [-0.4, -0.2) is 37.9 Å². The van der Waals surface area contributed by atoms with Gasteiger partial charge >= 0.3 is 11.9 Å². The molecule has 1 N–H and O–H groups in total. The Balaban J connectivity index is 1.43. The maximum Gasteiger partial charge on any atom is 0.341 e. The van der Waals surface area contributed by atoms with Crippen molar-refractivity contribution >= 4 is 34.2 Å². The Labute approximate surface area is 183 Å². The highest BCUT2D eigenvalue weighted by molar-refractivity contribution is 7.17. The zero-order chi connectivity index (χ0) is 22.0. The maximum absolute atomic E-state index is 12.5. The Morgan fingerprint density at radius 2 is 1.97 bits per heavy atom. The molecule has 2 aromatic rings. The lowest BCUT2D eigenvalue weighted by atomic mass is 9.88. The topological polar surface area (TPSA) is 100 Å². The first-order valence-electron chi connectivity index (χ1n) is 10.1. The molecule has 1 aliphatic heterocycles. The molecule has 2 aliphatic rings. The first-order chi connectivity index (χ1) is 15.0. The molecule has 1 unspecified atom stereocenters. The number of hydrogen-bond donors (Lipinski definition) is 1. The van der Waals surface area contributed by atoms with Crippen LogP contribution in [0.5, 0.6) is 11.5 Å². The number of ether oxygens (including phenoxy) is 4. The lowest BCUT2D eigenvalue weighted by molar-refractivity contribution is -0.119.